The summed E-state index contributed by atoms with van der Waals surface area (Å²) in [5.41, 5.74) is 5.29. The van der Waals surface area contributed by atoms with Gasteiger partial charge in [0, 0.05) is 5.56 Å². The third-order valence-corrected chi connectivity index (χ3v) is 6.58. The van der Waals surface area contributed by atoms with Gasteiger partial charge in [0.05, 0.1) is 11.1 Å². The van der Waals surface area contributed by atoms with Crippen molar-refractivity contribution in [2.45, 2.75) is 77.6 Å². The molecule has 0 unspecified atom stereocenters. The minimum Gasteiger partial charge on any atom is -0.192 e. The van der Waals surface area contributed by atoms with Gasteiger partial charge in [-0.3, -0.25) is 0 Å². The van der Waals surface area contributed by atoms with Crippen LogP contribution in [0.15, 0.2) is 36.4 Å². The number of hydrogen-bond acceptors (Lipinski definition) is 2. The van der Waals surface area contributed by atoms with Gasteiger partial charge >= 0.3 is 0 Å². The smallest absolute Gasteiger partial charge is 0.101 e. The van der Waals surface area contributed by atoms with Gasteiger partial charge in [0.1, 0.15) is 12.1 Å². The molecule has 1 fully saturated rings. The van der Waals surface area contributed by atoms with E-state index < -0.39 is 0 Å². The Morgan fingerprint density at radius 1 is 0.828 bits per heavy atom. The zero-order valence-electron chi connectivity index (χ0n) is 17.9. The lowest BCUT2D eigenvalue weighted by atomic mass is 9.75. The molecule has 0 aliphatic heterocycles. The van der Waals surface area contributed by atoms with Crippen LogP contribution in [0.1, 0.15) is 92.9 Å². The molecule has 1 aliphatic carbocycles. The van der Waals surface area contributed by atoms with Crippen LogP contribution in [0, 0.1) is 35.5 Å². The molecule has 0 saturated heterocycles. The van der Waals surface area contributed by atoms with E-state index in [1.165, 1.54) is 50.5 Å². The second-order valence-electron chi connectivity index (χ2n) is 8.61. The molecule has 0 bridgehead atoms. The lowest BCUT2D eigenvalue weighted by Crippen LogP contribution is -2.15. The van der Waals surface area contributed by atoms with E-state index in [0.717, 1.165) is 35.4 Å². The van der Waals surface area contributed by atoms with E-state index >= 15 is 0 Å². The van der Waals surface area contributed by atoms with Crippen molar-refractivity contribution in [1.82, 2.24) is 0 Å². The van der Waals surface area contributed by atoms with Crippen LogP contribution in [0.3, 0.4) is 0 Å². The third-order valence-electron chi connectivity index (χ3n) is 6.58. The van der Waals surface area contributed by atoms with Crippen LogP contribution in [0.2, 0.25) is 0 Å². The predicted octanol–water partition coefficient (Wildman–Crippen LogP) is 7.65. The highest BCUT2D eigenvalue weighted by atomic mass is 14.3. The van der Waals surface area contributed by atoms with Crippen molar-refractivity contribution in [3.8, 4) is 23.3 Å². The van der Waals surface area contributed by atoms with Crippen LogP contribution in [0.5, 0.6) is 0 Å². The second kappa shape index (κ2) is 10.3. The van der Waals surface area contributed by atoms with Gasteiger partial charge in [-0.25, -0.2) is 0 Å². The van der Waals surface area contributed by atoms with Crippen molar-refractivity contribution in [3.63, 3.8) is 0 Å². The van der Waals surface area contributed by atoms with Gasteiger partial charge in [-0.1, -0.05) is 81.0 Å². The molecule has 0 spiro atoms. The lowest BCUT2D eigenvalue weighted by molar-refractivity contribution is 0.302. The zero-order chi connectivity index (χ0) is 20.6. The first-order valence-electron chi connectivity index (χ1n) is 11.2. The largest absolute Gasteiger partial charge is 0.192 e. The molecule has 1 aliphatic rings. The van der Waals surface area contributed by atoms with Crippen LogP contribution in [-0.4, -0.2) is 0 Å². The van der Waals surface area contributed by atoms with Crippen molar-refractivity contribution < 1.29 is 0 Å². The maximum Gasteiger partial charge on any atom is 0.101 e. The van der Waals surface area contributed by atoms with Gasteiger partial charge in [-0.05, 0) is 55.6 Å². The van der Waals surface area contributed by atoms with Crippen LogP contribution in [0.4, 0.5) is 0 Å². The van der Waals surface area contributed by atoms with Crippen molar-refractivity contribution >= 4 is 0 Å². The molecule has 1 saturated carbocycles. The van der Waals surface area contributed by atoms with E-state index in [0.29, 0.717) is 17.0 Å². The molecule has 29 heavy (non-hydrogen) atoms. The first-order valence-corrected chi connectivity index (χ1v) is 11.2. The van der Waals surface area contributed by atoms with Gasteiger partial charge in [0.15, 0.2) is 0 Å². The Morgan fingerprint density at radius 3 is 2.14 bits per heavy atom. The molecule has 2 nitrogen and oxygen atoms in total. The Bertz CT molecular complexity index is 888. The number of hydrogen-bond donors (Lipinski definition) is 0. The lowest BCUT2D eigenvalue weighted by Gasteiger charge is -2.29. The Kier molecular flexibility index (Phi) is 7.48. The fourth-order valence-electron chi connectivity index (χ4n) is 4.79. The first kappa shape index (κ1) is 21.1. The number of aryl methyl sites for hydroxylation is 1. The molecular weight excluding hydrogens is 352 g/mol. The summed E-state index contributed by atoms with van der Waals surface area (Å²) in [6.45, 7) is 4.32. The normalized spacial score (nSPS) is 18.8. The van der Waals surface area contributed by atoms with E-state index in [1.807, 2.05) is 12.1 Å². The summed E-state index contributed by atoms with van der Waals surface area (Å²) in [7, 11) is 0. The number of nitrogens with zero attached hydrogens (tertiary/aromatic N) is 2. The molecule has 0 N–H and O–H groups in total. The maximum atomic E-state index is 9.89. The summed E-state index contributed by atoms with van der Waals surface area (Å²) in [5.74, 6) is 1.26. The monoisotopic (exact) mass is 384 g/mol. The van der Waals surface area contributed by atoms with Gasteiger partial charge in [0.25, 0.3) is 0 Å². The Labute approximate surface area is 176 Å². The van der Waals surface area contributed by atoms with Crippen LogP contribution in [-0.2, 0) is 0 Å². The van der Waals surface area contributed by atoms with Crippen molar-refractivity contribution in [2.75, 3.05) is 0 Å². The zero-order valence-corrected chi connectivity index (χ0v) is 17.9. The SMILES string of the molecule is CCCCCCC1CCC(c2ccc(-c3ccc(C)cc3)c(C#N)c2C#N)CC1. The van der Waals surface area contributed by atoms with E-state index in [1.54, 1.807) is 0 Å². The van der Waals surface area contributed by atoms with Crippen LogP contribution < -0.4 is 0 Å². The van der Waals surface area contributed by atoms with E-state index in [9.17, 15) is 10.5 Å². The van der Waals surface area contributed by atoms with Gasteiger partial charge in [-0.15, -0.1) is 0 Å². The summed E-state index contributed by atoms with van der Waals surface area (Å²) < 4.78 is 0. The van der Waals surface area contributed by atoms with Crippen molar-refractivity contribution in [1.29, 1.82) is 10.5 Å². The molecule has 2 aromatic carbocycles. The Hall–Kier alpha value is -2.58. The fourth-order valence-corrected chi connectivity index (χ4v) is 4.79. The van der Waals surface area contributed by atoms with Gasteiger partial charge in [0.2, 0.25) is 0 Å². The topological polar surface area (TPSA) is 47.6 Å². The Morgan fingerprint density at radius 2 is 1.52 bits per heavy atom. The van der Waals surface area contributed by atoms with Gasteiger partial charge < -0.3 is 0 Å². The number of benzene rings is 2. The van der Waals surface area contributed by atoms with Crippen molar-refractivity contribution in [2.24, 2.45) is 5.92 Å². The molecule has 2 heteroatoms. The molecule has 2 aromatic rings. The van der Waals surface area contributed by atoms with E-state index in [2.05, 4.69) is 50.3 Å². The van der Waals surface area contributed by atoms with Crippen LogP contribution >= 0.6 is 0 Å². The third kappa shape index (κ3) is 5.07. The summed E-state index contributed by atoms with van der Waals surface area (Å²) in [6.07, 6.45) is 11.5. The summed E-state index contributed by atoms with van der Waals surface area (Å²) in [6, 6.07) is 17.1. The molecule has 0 radical (unpaired) electrons. The Balaban J connectivity index is 1.77. The summed E-state index contributed by atoms with van der Waals surface area (Å²) in [5, 5.41) is 19.7. The molecule has 3 rings (SSSR count). The standard InChI is InChI=1S/C27H32N2/c1-3-4-5-6-7-21-10-14-23(15-11-21)25-17-16-24(26(18-28)27(25)19-29)22-12-8-20(2)9-13-22/h8-9,12-13,16-17,21,23H,3-7,10-11,14-15H2,1-2H3. The van der Waals surface area contributed by atoms with Crippen LogP contribution in [0.25, 0.3) is 11.1 Å². The summed E-state index contributed by atoms with van der Waals surface area (Å²) in [4.78, 5) is 0. The maximum absolute atomic E-state index is 9.89. The molecule has 0 atom stereocenters. The van der Waals surface area contributed by atoms with E-state index in [4.69, 9.17) is 0 Å². The molecule has 0 amide bonds. The highest BCUT2D eigenvalue weighted by Crippen LogP contribution is 2.41. The van der Waals surface area contributed by atoms with Gasteiger partial charge in [-0.2, -0.15) is 10.5 Å². The first-order chi connectivity index (χ1) is 14.2. The highest BCUT2D eigenvalue weighted by molar-refractivity contribution is 5.75. The number of rotatable bonds is 7. The number of nitriles is 2. The average molecular weight is 385 g/mol. The minimum absolute atomic E-state index is 0.413. The molecule has 0 aromatic heterocycles. The average Bonchev–Trinajstić information content (AvgIpc) is 2.76. The van der Waals surface area contributed by atoms with E-state index in [-0.39, 0.29) is 0 Å². The minimum atomic E-state index is 0.413. The quantitative estimate of drug-likeness (QED) is 0.460. The molecule has 0 heterocycles. The fraction of sp³-hybridized carbons (Fsp3) is 0.481. The molecular formula is C27H32N2. The highest BCUT2D eigenvalue weighted by Gasteiger charge is 2.26. The summed E-state index contributed by atoms with van der Waals surface area (Å²) >= 11 is 0. The number of unbranched alkanes of at least 4 members (excludes halogenated alkanes) is 3. The molecule has 150 valence electrons. The predicted molar refractivity (Wildman–Crippen MR) is 120 cm³/mol. The van der Waals surface area contributed by atoms with Crippen molar-refractivity contribution in [3.05, 3.63) is 58.7 Å². The second-order valence-corrected chi connectivity index (χ2v) is 8.61.